The molecule has 1 aromatic heterocycles. The second kappa shape index (κ2) is 6.87. The first-order valence-electron chi connectivity index (χ1n) is 6.93. The van der Waals surface area contributed by atoms with Crippen LogP contribution in [-0.4, -0.2) is 43.2 Å². The first-order chi connectivity index (χ1) is 11.8. The molecule has 2 aromatic rings. The minimum atomic E-state index is -2.11. The normalized spacial score (nSPS) is 14.0. The summed E-state index contributed by atoms with van der Waals surface area (Å²) in [6.45, 7) is 0.152. The van der Waals surface area contributed by atoms with E-state index < -0.39 is 9.70 Å². The summed E-state index contributed by atoms with van der Waals surface area (Å²) in [4.78, 5) is 37.2. The standard InChI is InChI=1S/C14H9Cl3N4O3S/c15-14(16,17)12(24)18-13-20-19-9(25-13)5-6-21-10(22)7-3-1-2-4-8(7)11(21)23/h1-4H,5-6H2,(H,18,20,24). The van der Waals surface area contributed by atoms with Gasteiger partial charge in [-0.2, -0.15) is 0 Å². The van der Waals surface area contributed by atoms with Crippen LogP contribution in [0.3, 0.4) is 0 Å². The van der Waals surface area contributed by atoms with E-state index in [4.69, 9.17) is 34.8 Å². The van der Waals surface area contributed by atoms with Crippen LogP contribution in [0.4, 0.5) is 5.13 Å². The molecule has 3 rings (SSSR count). The van der Waals surface area contributed by atoms with Gasteiger partial charge in [-0.05, 0) is 12.1 Å². The maximum absolute atomic E-state index is 12.3. The summed E-state index contributed by atoms with van der Waals surface area (Å²) < 4.78 is -2.11. The molecule has 130 valence electrons. The number of imide groups is 1. The van der Waals surface area contributed by atoms with Crippen molar-refractivity contribution < 1.29 is 14.4 Å². The van der Waals surface area contributed by atoms with Crippen molar-refractivity contribution in [1.82, 2.24) is 15.1 Å². The molecule has 0 aliphatic carbocycles. The molecular formula is C14H9Cl3N4O3S. The average Bonchev–Trinajstić information content (AvgIpc) is 3.09. The molecule has 0 radical (unpaired) electrons. The summed E-state index contributed by atoms with van der Waals surface area (Å²) in [6, 6.07) is 6.64. The number of carbonyl (C=O) groups excluding carboxylic acids is 3. The maximum Gasteiger partial charge on any atom is 0.278 e. The highest BCUT2D eigenvalue weighted by Crippen LogP contribution is 2.28. The summed E-state index contributed by atoms with van der Waals surface area (Å²) in [6.07, 6.45) is 0.298. The Kier molecular flexibility index (Phi) is 4.97. The number of fused-ring (bicyclic) bond motifs is 1. The number of hydrogen-bond donors (Lipinski definition) is 1. The van der Waals surface area contributed by atoms with E-state index in [1.54, 1.807) is 24.3 Å². The smallest absolute Gasteiger partial charge is 0.278 e. The number of benzene rings is 1. The van der Waals surface area contributed by atoms with E-state index in [1.165, 1.54) is 0 Å². The van der Waals surface area contributed by atoms with Crippen molar-refractivity contribution in [2.24, 2.45) is 0 Å². The number of carbonyl (C=O) groups is 3. The molecule has 2 heterocycles. The third-order valence-electron chi connectivity index (χ3n) is 3.37. The first kappa shape index (κ1) is 18.1. The fourth-order valence-electron chi connectivity index (χ4n) is 2.22. The Morgan fingerprint density at radius 3 is 2.28 bits per heavy atom. The number of alkyl halides is 3. The van der Waals surface area contributed by atoms with E-state index in [0.717, 1.165) is 16.2 Å². The predicted molar refractivity (Wildman–Crippen MR) is 94.3 cm³/mol. The quantitative estimate of drug-likeness (QED) is 0.607. The Labute approximate surface area is 160 Å². The lowest BCUT2D eigenvalue weighted by Gasteiger charge is -2.12. The number of anilines is 1. The van der Waals surface area contributed by atoms with Gasteiger partial charge in [-0.25, -0.2) is 0 Å². The van der Waals surface area contributed by atoms with Gasteiger partial charge in [-0.3, -0.25) is 24.6 Å². The molecule has 11 heteroatoms. The number of halogens is 3. The van der Waals surface area contributed by atoms with E-state index >= 15 is 0 Å². The van der Waals surface area contributed by atoms with E-state index in [-0.39, 0.29) is 23.5 Å². The molecule has 0 unspecified atom stereocenters. The van der Waals surface area contributed by atoms with Gasteiger partial charge in [0.05, 0.1) is 11.1 Å². The van der Waals surface area contributed by atoms with Crippen LogP contribution in [0.15, 0.2) is 24.3 Å². The number of rotatable bonds is 4. The van der Waals surface area contributed by atoms with Crippen LogP contribution in [0, 0.1) is 0 Å². The van der Waals surface area contributed by atoms with Crippen LogP contribution in [-0.2, 0) is 11.2 Å². The third kappa shape index (κ3) is 3.77. The van der Waals surface area contributed by atoms with Crippen molar-refractivity contribution in [3.8, 4) is 0 Å². The predicted octanol–water partition coefficient (Wildman–Crippen LogP) is 2.69. The molecule has 0 bridgehead atoms. The zero-order valence-corrected chi connectivity index (χ0v) is 15.4. The van der Waals surface area contributed by atoms with Gasteiger partial charge in [-0.1, -0.05) is 58.3 Å². The van der Waals surface area contributed by atoms with Crippen LogP contribution in [0.2, 0.25) is 0 Å². The first-order valence-corrected chi connectivity index (χ1v) is 8.88. The van der Waals surface area contributed by atoms with E-state index in [2.05, 4.69) is 15.5 Å². The van der Waals surface area contributed by atoms with Crippen molar-refractivity contribution in [1.29, 1.82) is 0 Å². The fraction of sp³-hybridized carbons (Fsp3) is 0.214. The van der Waals surface area contributed by atoms with Crippen molar-refractivity contribution in [2.45, 2.75) is 10.2 Å². The second-order valence-corrected chi connectivity index (χ2v) is 8.35. The number of hydrogen-bond acceptors (Lipinski definition) is 6. The molecule has 1 aliphatic heterocycles. The molecule has 1 N–H and O–H groups in total. The number of nitrogens with zero attached hydrogens (tertiary/aromatic N) is 3. The lowest BCUT2D eigenvalue weighted by Crippen LogP contribution is -2.31. The molecule has 1 aliphatic rings. The summed E-state index contributed by atoms with van der Waals surface area (Å²) in [5.74, 6) is -1.52. The van der Waals surface area contributed by atoms with Gasteiger partial charge < -0.3 is 0 Å². The molecule has 0 saturated carbocycles. The molecule has 1 aromatic carbocycles. The van der Waals surface area contributed by atoms with Crippen molar-refractivity contribution >= 4 is 69.0 Å². The van der Waals surface area contributed by atoms with Crippen LogP contribution in [0.5, 0.6) is 0 Å². The van der Waals surface area contributed by atoms with Crippen LogP contribution >= 0.6 is 46.1 Å². The van der Waals surface area contributed by atoms with Gasteiger partial charge in [0.1, 0.15) is 5.01 Å². The SMILES string of the molecule is O=C1c2ccccc2C(=O)N1CCc1nnc(NC(=O)C(Cl)(Cl)Cl)s1. The topological polar surface area (TPSA) is 92.3 Å². The lowest BCUT2D eigenvalue weighted by molar-refractivity contribution is -0.115. The monoisotopic (exact) mass is 418 g/mol. The largest absolute Gasteiger partial charge is 0.297 e. The van der Waals surface area contributed by atoms with Crippen LogP contribution < -0.4 is 5.32 Å². The van der Waals surface area contributed by atoms with Gasteiger partial charge in [0, 0.05) is 13.0 Å². The van der Waals surface area contributed by atoms with Crippen LogP contribution in [0.25, 0.3) is 0 Å². The molecule has 0 atom stereocenters. The van der Waals surface area contributed by atoms with E-state index in [9.17, 15) is 14.4 Å². The highest BCUT2D eigenvalue weighted by molar-refractivity contribution is 7.15. The molecule has 0 saturated heterocycles. The van der Waals surface area contributed by atoms with Gasteiger partial charge in [0.15, 0.2) is 0 Å². The zero-order chi connectivity index (χ0) is 18.2. The Hall–Kier alpha value is -1.74. The zero-order valence-electron chi connectivity index (χ0n) is 12.3. The van der Waals surface area contributed by atoms with Gasteiger partial charge in [0.25, 0.3) is 21.5 Å². The van der Waals surface area contributed by atoms with Gasteiger partial charge >= 0.3 is 0 Å². The fourth-order valence-corrected chi connectivity index (χ4v) is 3.09. The van der Waals surface area contributed by atoms with E-state index in [1.807, 2.05) is 0 Å². The Bertz CT molecular complexity index is 830. The van der Waals surface area contributed by atoms with Crippen molar-refractivity contribution in [2.75, 3.05) is 11.9 Å². The highest BCUT2D eigenvalue weighted by Gasteiger charge is 2.35. The summed E-state index contributed by atoms with van der Waals surface area (Å²) in [5.41, 5.74) is 0.779. The lowest BCUT2D eigenvalue weighted by atomic mass is 10.1. The highest BCUT2D eigenvalue weighted by atomic mass is 35.6. The van der Waals surface area contributed by atoms with Crippen LogP contribution in [0.1, 0.15) is 25.7 Å². The summed E-state index contributed by atoms with van der Waals surface area (Å²) in [7, 11) is 0. The number of aromatic nitrogens is 2. The average molecular weight is 420 g/mol. The van der Waals surface area contributed by atoms with E-state index in [0.29, 0.717) is 22.6 Å². The Morgan fingerprint density at radius 1 is 1.12 bits per heavy atom. The maximum atomic E-state index is 12.3. The van der Waals surface area contributed by atoms with Crippen molar-refractivity contribution in [3.63, 3.8) is 0 Å². The number of amides is 3. The van der Waals surface area contributed by atoms with Crippen molar-refractivity contribution in [3.05, 3.63) is 40.4 Å². The second-order valence-electron chi connectivity index (χ2n) is 5.01. The Balaban J connectivity index is 1.63. The number of nitrogens with one attached hydrogen (secondary N) is 1. The van der Waals surface area contributed by atoms with Gasteiger partial charge in [0.2, 0.25) is 5.13 Å². The molecule has 0 spiro atoms. The molecule has 3 amide bonds. The summed E-state index contributed by atoms with van der Waals surface area (Å²) >= 11 is 17.4. The van der Waals surface area contributed by atoms with Gasteiger partial charge in [-0.15, -0.1) is 10.2 Å². The minimum Gasteiger partial charge on any atom is -0.297 e. The third-order valence-corrected chi connectivity index (χ3v) is 4.79. The summed E-state index contributed by atoms with van der Waals surface area (Å²) in [5, 5.41) is 10.7. The Morgan fingerprint density at radius 2 is 1.72 bits per heavy atom. The molecule has 0 fully saturated rings. The molecule has 25 heavy (non-hydrogen) atoms. The molecular weight excluding hydrogens is 411 g/mol. The molecule has 7 nitrogen and oxygen atoms in total. The minimum absolute atomic E-state index is 0.152.